The largest absolute Gasteiger partial charge is 0.366 e. The van der Waals surface area contributed by atoms with Gasteiger partial charge in [0.15, 0.2) is 0 Å². The topological polar surface area (TPSA) is 60.9 Å². The number of nitrogens with two attached hydrogens (primary N) is 1. The summed E-state index contributed by atoms with van der Waals surface area (Å²) in [4.78, 5) is 11.3. The molecule has 0 saturated heterocycles. The van der Waals surface area contributed by atoms with E-state index in [0.717, 1.165) is 11.3 Å². The Morgan fingerprint density at radius 3 is 2.72 bits per heavy atom. The quantitative estimate of drug-likeness (QED) is 0.926. The zero-order valence-corrected chi connectivity index (χ0v) is 11.0. The van der Waals surface area contributed by atoms with Crippen molar-refractivity contribution >= 4 is 17.5 Å². The lowest BCUT2D eigenvalue weighted by Gasteiger charge is -2.12. The molecule has 0 spiro atoms. The normalized spacial score (nSPS) is 10.9. The number of carbonyl (C=O) groups excluding carboxylic acids is 1. The Balaban J connectivity index is 2.54. The van der Waals surface area contributed by atoms with Crippen LogP contribution in [0, 0.1) is 0 Å². The van der Waals surface area contributed by atoms with Gasteiger partial charge in [-0.1, -0.05) is 17.7 Å². The molecule has 4 nitrogen and oxygen atoms in total. The van der Waals surface area contributed by atoms with E-state index in [0.29, 0.717) is 10.6 Å². The van der Waals surface area contributed by atoms with Crippen LogP contribution in [0.2, 0.25) is 5.02 Å². The molecule has 0 atom stereocenters. The second-order valence-corrected chi connectivity index (χ2v) is 4.72. The summed E-state index contributed by atoms with van der Waals surface area (Å²) in [5.74, 6) is -0.530. The molecule has 0 aliphatic carbocycles. The third-order valence-electron chi connectivity index (χ3n) is 2.69. The summed E-state index contributed by atoms with van der Waals surface area (Å²) in [6, 6.07) is 7.36. The molecule has 0 aliphatic heterocycles. The predicted molar refractivity (Wildman–Crippen MR) is 71.6 cm³/mol. The monoisotopic (exact) mass is 263 g/mol. The Labute approximate surface area is 110 Å². The molecule has 0 saturated carbocycles. The second kappa shape index (κ2) is 4.82. The van der Waals surface area contributed by atoms with E-state index in [1.54, 1.807) is 18.3 Å². The summed E-state index contributed by atoms with van der Waals surface area (Å²) >= 11 is 5.93. The average Bonchev–Trinajstić information content (AvgIpc) is 2.78. The third-order valence-corrected chi connectivity index (χ3v) is 3.02. The van der Waals surface area contributed by atoms with Crippen LogP contribution in [0.25, 0.3) is 11.3 Å². The van der Waals surface area contributed by atoms with Gasteiger partial charge in [0.25, 0.3) is 0 Å². The van der Waals surface area contributed by atoms with Crippen molar-refractivity contribution in [3.05, 3.63) is 41.0 Å². The molecular weight excluding hydrogens is 250 g/mol. The van der Waals surface area contributed by atoms with Crippen LogP contribution in [0.4, 0.5) is 0 Å². The van der Waals surface area contributed by atoms with E-state index in [1.807, 2.05) is 30.7 Å². The van der Waals surface area contributed by atoms with E-state index in [-0.39, 0.29) is 6.04 Å². The molecule has 1 aromatic heterocycles. The Morgan fingerprint density at radius 1 is 1.39 bits per heavy atom. The fourth-order valence-electron chi connectivity index (χ4n) is 1.83. The Morgan fingerprint density at radius 2 is 2.11 bits per heavy atom. The summed E-state index contributed by atoms with van der Waals surface area (Å²) in [6.45, 7) is 4.09. The van der Waals surface area contributed by atoms with E-state index < -0.39 is 5.91 Å². The van der Waals surface area contributed by atoms with E-state index in [2.05, 4.69) is 5.10 Å². The molecule has 2 N–H and O–H groups in total. The van der Waals surface area contributed by atoms with Gasteiger partial charge in [-0.3, -0.25) is 9.48 Å². The molecule has 1 aromatic carbocycles. The van der Waals surface area contributed by atoms with E-state index in [9.17, 15) is 4.79 Å². The number of nitrogens with zero attached hydrogens (tertiary/aromatic N) is 2. The minimum Gasteiger partial charge on any atom is -0.366 e. The van der Waals surface area contributed by atoms with Gasteiger partial charge in [-0.05, 0) is 32.0 Å². The van der Waals surface area contributed by atoms with Gasteiger partial charge in [-0.25, -0.2) is 0 Å². The number of hydrogen-bond donors (Lipinski definition) is 1. The highest BCUT2D eigenvalue weighted by Gasteiger charge is 2.12. The molecule has 94 valence electrons. The number of benzene rings is 1. The van der Waals surface area contributed by atoms with E-state index in [1.165, 1.54) is 0 Å². The van der Waals surface area contributed by atoms with Crippen molar-refractivity contribution in [3.63, 3.8) is 0 Å². The van der Waals surface area contributed by atoms with Gasteiger partial charge in [0.05, 0.1) is 16.3 Å². The molecule has 0 aliphatic rings. The van der Waals surface area contributed by atoms with Gasteiger partial charge in [0.1, 0.15) is 0 Å². The molecular formula is C13H14ClN3O. The number of aromatic nitrogens is 2. The molecule has 0 bridgehead atoms. The summed E-state index contributed by atoms with van der Waals surface area (Å²) in [6.07, 6.45) is 1.73. The molecule has 1 amide bonds. The number of halogens is 1. The summed E-state index contributed by atoms with van der Waals surface area (Å²) < 4.78 is 1.88. The third kappa shape index (κ3) is 2.24. The maximum atomic E-state index is 11.3. The lowest BCUT2D eigenvalue weighted by molar-refractivity contribution is 0.100. The molecule has 2 rings (SSSR count). The fraction of sp³-hybridized carbons (Fsp3) is 0.231. The van der Waals surface area contributed by atoms with Crippen molar-refractivity contribution < 1.29 is 4.79 Å². The van der Waals surface area contributed by atoms with E-state index in [4.69, 9.17) is 17.3 Å². The Kier molecular flexibility index (Phi) is 3.39. The number of hydrogen-bond acceptors (Lipinski definition) is 2. The highest BCUT2D eigenvalue weighted by atomic mass is 35.5. The summed E-state index contributed by atoms with van der Waals surface area (Å²) in [5, 5.41) is 4.62. The molecule has 0 fully saturated rings. The van der Waals surface area contributed by atoms with Gasteiger partial charge < -0.3 is 5.73 Å². The Hall–Kier alpha value is -1.81. The van der Waals surface area contributed by atoms with Crippen LogP contribution in [0.1, 0.15) is 30.2 Å². The molecule has 0 radical (unpaired) electrons. The van der Waals surface area contributed by atoms with Gasteiger partial charge in [0, 0.05) is 17.8 Å². The van der Waals surface area contributed by atoms with Crippen molar-refractivity contribution in [2.75, 3.05) is 0 Å². The molecule has 18 heavy (non-hydrogen) atoms. The highest BCUT2D eigenvalue weighted by molar-refractivity contribution is 6.33. The molecule has 1 heterocycles. The number of carbonyl (C=O) groups is 1. The van der Waals surface area contributed by atoms with E-state index >= 15 is 0 Å². The van der Waals surface area contributed by atoms with Crippen LogP contribution < -0.4 is 5.73 Å². The van der Waals surface area contributed by atoms with Gasteiger partial charge >= 0.3 is 0 Å². The zero-order chi connectivity index (χ0) is 13.3. The number of primary amides is 1. The minimum absolute atomic E-state index is 0.239. The highest BCUT2D eigenvalue weighted by Crippen LogP contribution is 2.26. The number of rotatable bonds is 3. The van der Waals surface area contributed by atoms with Crippen molar-refractivity contribution in [1.29, 1.82) is 0 Å². The minimum atomic E-state index is -0.530. The maximum absolute atomic E-state index is 11.3. The molecule has 5 heteroatoms. The first kappa shape index (κ1) is 12.6. The Bertz CT molecular complexity index is 590. The first-order valence-electron chi connectivity index (χ1n) is 5.64. The van der Waals surface area contributed by atoms with Crippen LogP contribution in [0.5, 0.6) is 0 Å². The maximum Gasteiger partial charge on any atom is 0.250 e. The zero-order valence-electron chi connectivity index (χ0n) is 10.2. The SMILES string of the molecule is CC(C)n1nccc1-c1ccc(Cl)c(C(N)=O)c1. The van der Waals surface area contributed by atoms with Crippen molar-refractivity contribution in [2.24, 2.45) is 5.73 Å². The van der Waals surface area contributed by atoms with Crippen LogP contribution in [-0.2, 0) is 0 Å². The average molecular weight is 264 g/mol. The van der Waals surface area contributed by atoms with Gasteiger partial charge in [-0.15, -0.1) is 0 Å². The standard InChI is InChI=1S/C13H14ClN3O/c1-8(2)17-12(5-6-16-17)9-3-4-11(14)10(7-9)13(15)18/h3-8H,1-2H3,(H2,15,18). The van der Waals surface area contributed by atoms with Crippen molar-refractivity contribution in [1.82, 2.24) is 9.78 Å². The predicted octanol–water partition coefficient (Wildman–Crippen LogP) is 2.88. The lowest BCUT2D eigenvalue weighted by Crippen LogP contribution is -2.12. The van der Waals surface area contributed by atoms with Crippen molar-refractivity contribution in [3.8, 4) is 11.3 Å². The summed E-state index contributed by atoms with van der Waals surface area (Å²) in [5.41, 5.74) is 7.42. The smallest absolute Gasteiger partial charge is 0.250 e. The fourth-order valence-corrected chi connectivity index (χ4v) is 2.04. The van der Waals surface area contributed by atoms with Gasteiger partial charge in [-0.2, -0.15) is 5.10 Å². The summed E-state index contributed by atoms with van der Waals surface area (Å²) in [7, 11) is 0. The first-order chi connectivity index (χ1) is 8.50. The molecule has 2 aromatic rings. The van der Waals surface area contributed by atoms with Gasteiger partial charge in [0.2, 0.25) is 5.91 Å². The van der Waals surface area contributed by atoms with Crippen LogP contribution in [-0.4, -0.2) is 15.7 Å². The van der Waals surface area contributed by atoms with Crippen LogP contribution in [0.3, 0.4) is 0 Å². The first-order valence-corrected chi connectivity index (χ1v) is 6.01. The lowest BCUT2D eigenvalue weighted by atomic mass is 10.1. The second-order valence-electron chi connectivity index (χ2n) is 4.31. The van der Waals surface area contributed by atoms with Crippen LogP contribution in [0.15, 0.2) is 30.5 Å². The van der Waals surface area contributed by atoms with Crippen molar-refractivity contribution in [2.45, 2.75) is 19.9 Å². The number of amides is 1. The molecule has 0 unspecified atom stereocenters. The van der Waals surface area contributed by atoms with Crippen LogP contribution >= 0.6 is 11.6 Å².